The third-order valence-corrected chi connectivity index (χ3v) is 6.40. The molecule has 0 aliphatic carbocycles. The van der Waals surface area contributed by atoms with Crippen LogP contribution in [-0.2, 0) is 6.54 Å². The van der Waals surface area contributed by atoms with Crippen LogP contribution in [0.3, 0.4) is 0 Å². The van der Waals surface area contributed by atoms with E-state index in [9.17, 15) is 9.18 Å². The van der Waals surface area contributed by atoms with Crippen LogP contribution in [0.4, 0.5) is 10.1 Å². The molecule has 174 valence electrons. The summed E-state index contributed by atoms with van der Waals surface area (Å²) in [5.41, 5.74) is 3.06. The number of amides is 1. The molecule has 1 saturated heterocycles. The predicted molar refractivity (Wildman–Crippen MR) is 131 cm³/mol. The van der Waals surface area contributed by atoms with E-state index in [2.05, 4.69) is 34.4 Å². The van der Waals surface area contributed by atoms with Crippen molar-refractivity contribution in [2.24, 2.45) is 5.92 Å². The normalized spacial score (nSPS) is 14.9. The number of rotatable bonds is 6. The summed E-state index contributed by atoms with van der Waals surface area (Å²) in [7, 11) is 0. The number of carbonyl (C=O) groups is 1. The second-order valence-corrected chi connectivity index (χ2v) is 8.97. The van der Waals surface area contributed by atoms with Crippen molar-refractivity contribution in [3.63, 3.8) is 0 Å². The number of hydrogen-bond donors (Lipinski definition) is 1. The molecule has 0 saturated carbocycles. The number of likely N-dealkylation sites (tertiary alicyclic amines) is 1. The number of carbonyl (C=O) groups excluding carboxylic acids is 1. The molecule has 1 aliphatic heterocycles. The lowest BCUT2D eigenvalue weighted by molar-refractivity contribution is 0.102. The number of anilines is 1. The Hall–Kier alpha value is -3.71. The van der Waals surface area contributed by atoms with Gasteiger partial charge in [-0.2, -0.15) is 5.10 Å². The van der Waals surface area contributed by atoms with Crippen molar-refractivity contribution < 1.29 is 9.18 Å². The highest BCUT2D eigenvalue weighted by Crippen LogP contribution is 2.22. The zero-order valence-electron chi connectivity index (χ0n) is 19.2. The van der Waals surface area contributed by atoms with Crippen LogP contribution in [0.5, 0.6) is 0 Å². The van der Waals surface area contributed by atoms with Gasteiger partial charge in [0, 0.05) is 24.6 Å². The first-order valence-corrected chi connectivity index (χ1v) is 11.7. The van der Waals surface area contributed by atoms with Crippen LogP contribution in [0, 0.1) is 11.7 Å². The van der Waals surface area contributed by atoms with E-state index < -0.39 is 0 Å². The Morgan fingerprint density at radius 3 is 2.38 bits per heavy atom. The lowest BCUT2D eigenvalue weighted by atomic mass is 9.99. The van der Waals surface area contributed by atoms with E-state index in [-0.39, 0.29) is 11.7 Å². The van der Waals surface area contributed by atoms with Crippen LogP contribution in [0.15, 0.2) is 79.3 Å². The Kier molecular flexibility index (Phi) is 6.27. The van der Waals surface area contributed by atoms with Crippen LogP contribution >= 0.6 is 0 Å². The van der Waals surface area contributed by atoms with Gasteiger partial charge in [-0.25, -0.2) is 9.07 Å². The van der Waals surface area contributed by atoms with Crippen molar-refractivity contribution in [3.8, 4) is 11.5 Å². The van der Waals surface area contributed by atoms with Gasteiger partial charge in [-0.1, -0.05) is 19.1 Å². The molecule has 2 aromatic carbocycles. The Balaban J connectivity index is 1.34. The van der Waals surface area contributed by atoms with Gasteiger partial charge in [0.15, 0.2) is 5.82 Å². The molecule has 3 heterocycles. The van der Waals surface area contributed by atoms with E-state index in [0.717, 1.165) is 31.2 Å². The predicted octanol–water partition coefficient (Wildman–Crippen LogP) is 5.29. The van der Waals surface area contributed by atoms with Crippen LogP contribution in [0.25, 0.3) is 11.5 Å². The van der Waals surface area contributed by atoms with Crippen molar-refractivity contribution in [3.05, 3.63) is 96.2 Å². The minimum atomic E-state index is -0.324. The Morgan fingerprint density at radius 1 is 1.03 bits per heavy atom. The Morgan fingerprint density at radius 2 is 1.71 bits per heavy atom. The monoisotopic (exact) mass is 457 g/mol. The maximum Gasteiger partial charge on any atom is 0.261 e. The summed E-state index contributed by atoms with van der Waals surface area (Å²) < 4.78 is 16.9. The van der Waals surface area contributed by atoms with Crippen molar-refractivity contribution in [2.75, 3.05) is 18.4 Å². The van der Waals surface area contributed by atoms with E-state index in [1.807, 2.05) is 41.2 Å². The van der Waals surface area contributed by atoms with Gasteiger partial charge in [-0.15, -0.1) is 0 Å². The van der Waals surface area contributed by atoms with Gasteiger partial charge in [0.2, 0.25) is 0 Å². The van der Waals surface area contributed by atoms with Gasteiger partial charge in [-0.3, -0.25) is 9.69 Å². The standard InChI is InChI=1S/C27H28FN5O/c1-20-12-16-31(17-13-20)19-21-4-8-23(9-5-21)30-26(34)25-18-29-33(24-10-6-22(28)7-11-24)27(25)32-14-2-3-15-32/h2-11,14-15,18,20H,12-13,16-17,19H2,1H3,(H,30,34). The summed E-state index contributed by atoms with van der Waals surface area (Å²) in [6.07, 6.45) is 7.75. The third-order valence-electron chi connectivity index (χ3n) is 6.40. The van der Waals surface area contributed by atoms with Crippen LogP contribution in [0.2, 0.25) is 0 Å². The molecule has 7 heteroatoms. The molecule has 34 heavy (non-hydrogen) atoms. The molecular weight excluding hydrogens is 429 g/mol. The lowest BCUT2D eigenvalue weighted by Crippen LogP contribution is -2.32. The summed E-state index contributed by atoms with van der Waals surface area (Å²) in [6, 6.07) is 17.8. The Bertz CT molecular complexity index is 1240. The number of nitrogens with one attached hydrogen (secondary N) is 1. The lowest BCUT2D eigenvalue weighted by Gasteiger charge is -2.30. The number of piperidine rings is 1. The topological polar surface area (TPSA) is 55.1 Å². The number of nitrogens with zero attached hydrogens (tertiary/aromatic N) is 4. The first-order valence-electron chi connectivity index (χ1n) is 11.7. The average Bonchev–Trinajstić information content (AvgIpc) is 3.52. The fourth-order valence-corrected chi connectivity index (χ4v) is 4.37. The maximum atomic E-state index is 13.4. The van der Waals surface area contributed by atoms with Crippen LogP contribution in [-0.4, -0.2) is 38.2 Å². The second-order valence-electron chi connectivity index (χ2n) is 8.97. The first-order chi connectivity index (χ1) is 16.6. The second kappa shape index (κ2) is 9.65. The van der Waals surface area contributed by atoms with E-state index in [1.54, 1.807) is 23.0 Å². The zero-order chi connectivity index (χ0) is 23.5. The van der Waals surface area contributed by atoms with Crippen LogP contribution in [0.1, 0.15) is 35.7 Å². The molecule has 6 nitrogen and oxygen atoms in total. The highest BCUT2D eigenvalue weighted by atomic mass is 19.1. The number of hydrogen-bond acceptors (Lipinski definition) is 3. The summed E-state index contributed by atoms with van der Waals surface area (Å²) in [5, 5.41) is 7.42. The van der Waals surface area contributed by atoms with E-state index in [1.165, 1.54) is 30.5 Å². The third kappa shape index (κ3) is 4.79. The first kappa shape index (κ1) is 22.1. The molecule has 0 unspecified atom stereocenters. The molecule has 0 radical (unpaired) electrons. The molecule has 0 spiro atoms. The van der Waals surface area contributed by atoms with E-state index in [0.29, 0.717) is 17.1 Å². The smallest absolute Gasteiger partial charge is 0.261 e. The molecule has 0 atom stereocenters. The van der Waals surface area contributed by atoms with Crippen molar-refractivity contribution in [2.45, 2.75) is 26.3 Å². The summed E-state index contributed by atoms with van der Waals surface area (Å²) >= 11 is 0. The highest BCUT2D eigenvalue weighted by molar-refractivity contribution is 6.06. The number of halogens is 1. The molecular formula is C27H28FN5O. The van der Waals surface area contributed by atoms with Gasteiger partial charge in [0.25, 0.3) is 5.91 Å². The van der Waals surface area contributed by atoms with Gasteiger partial charge in [0.05, 0.1) is 11.9 Å². The van der Waals surface area contributed by atoms with E-state index >= 15 is 0 Å². The average molecular weight is 458 g/mol. The van der Waals surface area contributed by atoms with Crippen molar-refractivity contribution >= 4 is 11.6 Å². The van der Waals surface area contributed by atoms with Gasteiger partial charge in [-0.05, 0) is 85.9 Å². The highest BCUT2D eigenvalue weighted by Gasteiger charge is 2.20. The number of benzene rings is 2. The molecule has 1 N–H and O–H groups in total. The molecule has 1 amide bonds. The van der Waals surface area contributed by atoms with Gasteiger partial charge < -0.3 is 9.88 Å². The largest absolute Gasteiger partial charge is 0.322 e. The van der Waals surface area contributed by atoms with Gasteiger partial charge in [0.1, 0.15) is 11.4 Å². The van der Waals surface area contributed by atoms with Gasteiger partial charge >= 0.3 is 0 Å². The molecule has 0 bridgehead atoms. The SMILES string of the molecule is CC1CCN(Cc2ccc(NC(=O)c3cnn(-c4ccc(F)cc4)c3-n3cccc3)cc2)CC1. The fraction of sp³-hybridized carbons (Fsp3) is 0.259. The van der Waals surface area contributed by atoms with Crippen molar-refractivity contribution in [1.29, 1.82) is 0 Å². The fourth-order valence-electron chi connectivity index (χ4n) is 4.37. The zero-order valence-corrected chi connectivity index (χ0v) is 19.2. The number of aromatic nitrogens is 3. The maximum absolute atomic E-state index is 13.4. The summed E-state index contributed by atoms with van der Waals surface area (Å²) in [6.45, 7) is 5.53. The Labute approximate surface area is 198 Å². The molecule has 2 aromatic heterocycles. The van der Waals surface area contributed by atoms with Crippen molar-refractivity contribution in [1.82, 2.24) is 19.2 Å². The molecule has 5 rings (SSSR count). The summed E-state index contributed by atoms with van der Waals surface area (Å²) in [5.74, 6) is 0.826. The molecule has 1 aliphatic rings. The minimum absolute atomic E-state index is 0.255. The molecule has 1 fully saturated rings. The summed E-state index contributed by atoms with van der Waals surface area (Å²) in [4.78, 5) is 15.7. The molecule has 4 aromatic rings. The van der Waals surface area contributed by atoms with E-state index in [4.69, 9.17) is 0 Å². The van der Waals surface area contributed by atoms with Crippen LogP contribution < -0.4 is 5.32 Å². The quantitative estimate of drug-likeness (QED) is 0.428. The minimum Gasteiger partial charge on any atom is -0.322 e.